The minimum atomic E-state index is -1.01. The van der Waals surface area contributed by atoms with E-state index in [0.29, 0.717) is 6.29 Å². The third kappa shape index (κ3) is 2.67. The van der Waals surface area contributed by atoms with Crippen LogP contribution in [-0.2, 0) is 20.8 Å². The molecule has 0 saturated carbocycles. The van der Waals surface area contributed by atoms with Gasteiger partial charge >= 0.3 is 0 Å². The smallest absolute Gasteiger partial charge is 0.234 e. The van der Waals surface area contributed by atoms with Crippen LogP contribution in [0.25, 0.3) is 0 Å². The number of hydrogen-bond donors (Lipinski definition) is 1. The fraction of sp³-hybridized carbons (Fsp3) is 0.308. The Morgan fingerprint density at radius 3 is 2.42 bits per heavy atom. The highest BCUT2D eigenvalue weighted by molar-refractivity contribution is 6.00. The zero-order chi connectivity index (χ0) is 14.0. The molecular weight excluding hydrogens is 256 g/mol. The lowest BCUT2D eigenvalue weighted by molar-refractivity contribution is -0.134. The van der Waals surface area contributed by atoms with E-state index < -0.39 is 29.4 Å². The van der Waals surface area contributed by atoms with Gasteiger partial charge in [0.25, 0.3) is 0 Å². The van der Waals surface area contributed by atoms with Crippen LogP contribution in [0, 0.1) is 11.6 Å². The van der Waals surface area contributed by atoms with Gasteiger partial charge in [-0.1, -0.05) is 0 Å². The SMILES string of the molecule is O=CCc1cc(F)c([C@@H]2CCC(=O)NC2=O)c(F)c1. The maximum atomic E-state index is 13.9. The van der Waals surface area contributed by atoms with Crippen LogP contribution in [0.3, 0.4) is 0 Å². The first-order valence-corrected chi connectivity index (χ1v) is 5.78. The van der Waals surface area contributed by atoms with Crippen LogP contribution in [0.4, 0.5) is 8.78 Å². The molecule has 1 fully saturated rings. The number of aldehydes is 1. The summed E-state index contributed by atoms with van der Waals surface area (Å²) in [6, 6.07) is 2.08. The van der Waals surface area contributed by atoms with Crippen LogP contribution in [0.5, 0.6) is 0 Å². The number of nitrogens with one attached hydrogen (secondary N) is 1. The van der Waals surface area contributed by atoms with Gasteiger partial charge in [-0.3, -0.25) is 14.9 Å². The van der Waals surface area contributed by atoms with Gasteiger partial charge in [-0.05, 0) is 24.1 Å². The Morgan fingerprint density at radius 1 is 1.26 bits per heavy atom. The van der Waals surface area contributed by atoms with Crippen LogP contribution in [0.15, 0.2) is 12.1 Å². The van der Waals surface area contributed by atoms with Crippen molar-refractivity contribution in [3.8, 4) is 0 Å². The van der Waals surface area contributed by atoms with E-state index >= 15 is 0 Å². The zero-order valence-corrected chi connectivity index (χ0v) is 9.91. The van der Waals surface area contributed by atoms with Crippen molar-refractivity contribution in [3.63, 3.8) is 0 Å². The number of halogens is 2. The molecule has 1 saturated heterocycles. The molecule has 0 spiro atoms. The average Bonchev–Trinajstić information content (AvgIpc) is 2.31. The van der Waals surface area contributed by atoms with Crippen LogP contribution < -0.4 is 5.32 Å². The highest BCUT2D eigenvalue weighted by atomic mass is 19.1. The van der Waals surface area contributed by atoms with Gasteiger partial charge < -0.3 is 4.79 Å². The van der Waals surface area contributed by atoms with Gasteiger partial charge in [0.05, 0.1) is 5.92 Å². The zero-order valence-electron chi connectivity index (χ0n) is 9.91. The average molecular weight is 267 g/mol. The molecule has 0 aliphatic carbocycles. The van der Waals surface area contributed by atoms with Gasteiger partial charge in [0.15, 0.2) is 0 Å². The summed E-state index contributed by atoms with van der Waals surface area (Å²) < 4.78 is 27.7. The van der Waals surface area contributed by atoms with Crippen molar-refractivity contribution >= 4 is 18.1 Å². The first kappa shape index (κ1) is 13.3. The van der Waals surface area contributed by atoms with Crippen LogP contribution >= 0.6 is 0 Å². The first-order chi connectivity index (χ1) is 9.02. The summed E-state index contributed by atoms with van der Waals surface area (Å²) in [6.45, 7) is 0. The second-order valence-corrected chi connectivity index (χ2v) is 4.35. The number of imide groups is 1. The van der Waals surface area contributed by atoms with Gasteiger partial charge in [0.2, 0.25) is 11.8 Å². The summed E-state index contributed by atoms with van der Waals surface area (Å²) in [5.41, 5.74) is -0.138. The van der Waals surface area contributed by atoms with Gasteiger partial charge in [-0.2, -0.15) is 0 Å². The van der Waals surface area contributed by atoms with Crippen molar-refractivity contribution in [2.45, 2.75) is 25.2 Å². The summed E-state index contributed by atoms with van der Waals surface area (Å²) >= 11 is 0. The van der Waals surface area contributed by atoms with Crippen molar-refractivity contribution in [2.75, 3.05) is 0 Å². The van der Waals surface area contributed by atoms with Crippen molar-refractivity contribution in [3.05, 3.63) is 34.9 Å². The molecule has 2 amide bonds. The van der Waals surface area contributed by atoms with Crippen molar-refractivity contribution in [2.24, 2.45) is 0 Å². The molecule has 0 bridgehead atoms. The number of carbonyl (C=O) groups excluding carboxylic acids is 3. The van der Waals surface area contributed by atoms with E-state index in [4.69, 9.17) is 0 Å². The molecule has 100 valence electrons. The molecule has 1 aliphatic heterocycles. The Kier molecular flexibility index (Phi) is 3.69. The molecule has 1 N–H and O–H groups in total. The molecule has 1 heterocycles. The fourth-order valence-electron chi connectivity index (χ4n) is 2.15. The van der Waals surface area contributed by atoms with E-state index in [-0.39, 0.29) is 30.4 Å². The number of hydrogen-bond acceptors (Lipinski definition) is 3. The molecule has 0 aromatic heterocycles. The maximum absolute atomic E-state index is 13.9. The summed E-state index contributed by atoms with van der Waals surface area (Å²) in [5, 5.41) is 2.05. The quantitative estimate of drug-likeness (QED) is 0.661. The van der Waals surface area contributed by atoms with E-state index in [2.05, 4.69) is 5.32 Å². The standard InChI is InChI=1S/C13H11F2NO3/c14-9-5-7(3-4-17)6-10(15)12(9)8-1-2-11(18)16-13(8)19/h4-6,8H,1-3H2,(H,16,18,19)/t8-/m0/s1. The summed E-state index contributed by atoms with van der Waals surface area (Å²) in [7, 11) is 0. The molecule has 6 heteroatoms. The third-order valence-corrected chi connectivity index (χ3v) is 3.05. The second kappa shape index (κ2) is 5.26. The summed E-state index contributed by atoms with van der Waals surface area (Å²) in [5.74, 6) is -3.89. The number of benzene rings is 1. The largest absolute Gasteiger partial charge is 0.303 e. The van der Waals surface area contributed by atoms with Gasteiger partial charge in [0, 0.05) is 18.4 Å². The number of amides is 2. The van der Waals surface area contributed by atoms with Crippen molar-refractivity contribution in [1.82, 2.24) is 5.32 Å². The van der Waals surface area contributed by atoms with E-state index in [1.807, 2.05) is 0 Å². The Bertz CT molecular complexity index is 534. The van der Waals surface area contributed by atoms with Crippen LogP contribution in [0.2, 0.25) is 0 Å². The predicted molar refractivity (Wildman–Crippen MR) is 61.3 cm³/mol. The molecule has 1 atom stereocenters. The first-order valence-electron chi connectivity index (χ1n) is 5.78. The fourth-order valence-corrected chi connectivity index (χ4v) is 2.15. The highest BCUT2D eigenvalue weighted by Crippen LogP contribution is 2.30. The predicted octanol–water partition coefficient (Wildman–Crippen LogP) is 1.23. The van der Waals surface area contributed by atoms with Gasteiger partial charge in [-0.25, -0.2) is 8.78 Å². The topological polar surface area (TPSA) is 63.2 Å². The van der Waals surface area contributed by atoms with Gasteiger partial charge in [0.1, 0.15) is 17.9 Å². The molecule has 1 aromatic rings. The van der Waals surface area contributed by atoms with E-state index in [0.717, 1.165) is 12.1 Å². The maximum Gasteiger partial charge on any atom is 0.234 e. The lowest BCUT2D eigenvalue weighted by Crippen LogP contribution is -2.40. The van der Waals surface area contributed by atoms with Crippen LogP contribution in [-0.4, -0.2) is 18.1 Å². The van der Waals surface area contributed by atoms with E-state index in [1.54, 1.807) is 0 Å². The summed E-state index contributed by atoms with van der Waals surface area (Å²) in [4.78, 5) is 32.9. The van der Waals surface area contributed by atoms with E-state index in [1.165, 1.54) is 0 Å². The Balaban J connectivity index is 2.37. The number of piperidine rings is 1. The Hall–Kier alpha value is -2.11. The highest BCUT2D eigenvalue weighted by Gasteiger charge is 2.32. The third-order valence-electron chi connectivity index (χ3n) is 3.05. The monoisotopic (exact) mass is 267 g/mol. The molecule has 0 unspecified atom stereocenters. The number of rotatable bonds is 3. The molecule has 4 nitrogen and oxygen atoms in total. The second-order valence-electron chi connectivity index (χ2n) is 4.35. The lowest BCUT2D eigenvalue weighted by atomic mass is 9.89. The minimum Gasteiger partial charge on any atom is -0.303 e. The number of carbonyl (C=O) groups is 3. The summed E-state index contributed by atoms with van der Waals surface area (Å²) in [6.07, 6.45) is 0.570. The van der Waals surface area contributed by atoms with Crippen molar-refractivity contribution in [1.29, 1.82) is 0 Å². The molecule has 1 aliphatic rings. The Labute approximate surface area is 107 Å². The van der Waals surface area contributed by atoms with Gasteiger partial charge in [-0.15, -0.1) is 0 Å². The van der Waals surface area contributed by atoms with Crippen LogP contribution in [0.1, 0.15) is 29.9 Å². The molecule has 0 radical (unpaired) electrons. The normalized spacial score (nSPS) is 19.2. The molecule has 19 heavy (non-hydrogen) atoms. The molecular formula is C13H11F2NO3. The Morgan fingerprint density at radius 2 is 1.89 bits per heavy atom. The van der Waals surface area contributed by atoms with E-state index in [9.17, 15) is 23.2 Å². The lowest BCUT2D eigenvalue weighted by Gasteiger charge is -2.22. The molecule has 2 rings (SSSR count). The minimum absolute atomic E-state index is 0.0470. The van der Waals surface area contributed by atoms with Crippen molar-refractivity contribution < 1.29 is 23.2 Å². The molecule has 1 aromatic carbocycles.